The van der Waals surface area contributed by atoms with Crippen LogP contribution in [-0.2, 0) is 9.59 Å². The zero-order chi connectivity index (χ0) is 16.8. The zero-order valence-electron chi connectivity index (χ0n) is 13.8. The average molecular weight is 317 g/mol. The summed E-state index contributed by atoms with van der Waals surface area (Å²) in [6.45, 7) is 3.38. The van der Waals surface area contributed by atoms with Gasteiger partial charge in [-0.1, -0.05) is 6.07 Å². The van der Waals surface area contributed by atoms with Crippen molar-refractivity contribution in [3.8, 4) is 5.75 Å². The van der Waals surface area contributed by atoms with Crippen LogP contribution in [0.1, 0.15) is 38.3 Å². The molecule has 1 aromatic rings. The second kappa shape index (κ2) is 5.53. The summed E-state index contributed by atoms with van der Waals surface area (Å²) in [4.78, 5) is 26.0. The molecule has 6 nitrogen and oxygen atoms in total. The minimum atomic E-state index is -0.999. The number of hydrogen-bond donors (Lipinski definition) is 2. The maximum Gasteiger partial charge on any atom is 0.271 e. The number of amides is 2. The molecule has 6 heteroatoms. The molecule has 0 bridgehead atoms. The highest BCUT2D eigenvalue weighted by atomic mass is 16.5. The van der Waals surface area contributed by atoms with Gasteiger partial charge in [0.2, 0.25) is 5.91 Å². The van der Waals surface area contributed by atoms with Crippen LogP contribution in [0.25, 0.3) is 0 Å². The second-order valence-corrected chi connectivity index (χ2v) is 6.77. The van der Waals surface area contributed by atoms with Gasteiger partial charge in [0.25, 0.3) is 5.91 Å². The van der Waals surface area contributed by atoms with Crippen LogP contribution in [0, 0.1) is 5.92 Å². The number of nitrogens with two attached hydrogens (primary N) is 1. The van der Waals surface area contributed by atoms with E-state index in [1.165, 1.54) is 4.90 Å². The van der Waals surface area contributed by atoms with Crippen molar-refractivity contribution in [1.82, 2.24) is 5.32 Å². The number of fused-ring (bicyclic) bond motifs is 1. The van der Waals surface area contributed by atoms with Crippen molar-refractivity contribution < 1.29 is 14.3 Å². The van der Waals surface area contributed by atoms with Gasteiger partial charge in [-0.25, -0.2) is 0 Å². The van der Waals surface area contributed by atoms with E-state index in [1.807, 2.05) is 18.2 Å². The van der Waals surface area contributed by atoms with Gasteiger partial charge < -0.3 is 15.8 Å². The van der Waals surface area contributed by atoms with Crippen molar-refractivity contribution in [2.24, 2.45) is 11.7 Å². The molecule has 1 heterocycles. The van der Waals surface area contributed by atoms with Gasteiger partial charge in [-0.15, -0.1) is 0 Å². The Labute approximate surface area is 136 Å². The normalized spacial score (nSPS) is 20.5. The van der Waals surface area contributed by atoms with E-state index in [1.54, 1.807) is 20.9 Å². The first-order chi connectivity index (χ1) is 10.8. The Hall–Kier alpha value is -2.08. The van der Waals surface area contributed by atoms with Gasteiger partial charge in [0.15, 0.2) is 5.60 Å². The summed E-state index contributed by atoms with van der Waals surface area (Å²) in [7, 11) is 1.55. The Bertz CT molecular complexity index is 652. The molecule has 0 radical (unpaired) electrons. The number of likely N-dealkylation sites (N-methyl/N-ethyl adjacent to an activating group) is 1. The lowest BCUT2D eigenvalue weighted by atomic mass is 9.99. The number of nitrogens with zero attached hydrogens (tertiary/aromatic N) is 1. The molecule has 0 spiro atoms. The van der Waals surface area contributed by atoms with Crippen LogP contribution < -0.4 is 20.7 Å². The van der Waals surface area contributed by atoms with Crippen LogP contribution in [0.2, 0.25) is 0 Å². The van der Waals surface area contributed by atoms with Gasteiger partial charge in [0.05, 0.1) is 5.69 Å². The number of hydrogen-bond acceptors (Lipinski definition) is 4. The molecule has 124 valence electrons. The topological polar surface area (TPSA) is 84.7 Å². The fourth-order valence-electron chi connectivity index (χ4n) is 2.90. The first kappa shape index (κ1) is 15.8. The van der Waals surface area contributed by atoms with Crippen LogP contribution >= 0.6 is 0 Å². The molecule has 1 unspecified atom stereocenters. The predicted octanol–water partition coefficient (Wildman–Crippen LogP) is 1.35. The van der Waals surface area contributed by atoms with Gasteiger partial charge in [0.1, 0.15) is 12.3 Å². The number of nitrogens with one attached hydrogen (secondary N) is 1. The quantitative estimate of drug-likeness (QED) is 0.878. The summed E-state index contributed by atoms with van der Waals surface area (Å²) >= 11 is 0. The van der Waals surface area contributed by atoms with E-state index in [9.17, 15) is 9.59 Å². The standard InChI is InChI=1S/C17H23N3O3/c1-17(2)16(22)20(9-14(21)19-3)12-8-11(6-7-13(12)23-17)15(18)10-4-5-10/h6-8,10,15H,4-5,9,18H2,1-3H3,(H,19,21). The Morgan fingerprint density at radius 2 is 2.17 bits per heavy atom. The minimum absolute atomic E-state index is 0.0305. The van der Waals surface area contributed by atoms with E-state index in [0.29, 0.717) is 17.4 Å². The monoisotopic (exact) mass is 317 g/mol. The first-order valence-corrected chi connectivity index (χ1v) is 7.94. The highest BCUT2D eigenvalue weighted by molar-refractivity contribution is 6.05. The molecule has 1 aliphatic carbocycles. The largest absolute Gasteiger partial charge is 0.476 e. The molecule has 1 saturated carbocycles. The molecule has 23 heavy (non-hydrogen) atoms. The van der Waals surface area contributed by atoms with E-state index in [-0.39, 0.29) is 24.4 Å². The molecule has 0 saturated heterocycles. The molecule has 1 atom stereocenters. The molecule has 3 N–H and O–H groups in total. The van der Waals surface area contributed by atoms with E-state index < -0.39 is 5.60 Å². The second-order valence-electron chi connectivity index (χ2n) is 6.77. The minimum Gasteiger partial charge on any atom is -0.476 e. The number of rotatable bonds is 4. The molecule has 3 rings (SSSR count). The van der Waals surface area contributed by atoms with E-state index in [0.717, 1.165) is 18.4 Å². The highest BCUT2D eigenvalue weighted by Crippen LogP contribution is 2.43. The fourth-order valence-corrected chi connectivity index (χ4v) is 2.90. The fraction of sp³-hybridized carbons (Fsp3) is 0.529. The van der Waals surface area contributed by atoms with Crippen LogP contribution in [0.15, 0.2) is 18.2 Å². The van der Waals surface area contributed by atoms with Gasteiger partial charge in [-0.05, 0) is 50.3 Å². The molecular formula is C17H23N3O3. The summed E-state index contributed by atoms with van der Waals surface area (Å²) in [5.74, 6) is 0.659. The maximum atomic E-state index is 12.7. The lowest BCUT2D eigenvalue weighted by molar-refractivity contribution is -0.134. The van der Waals surface area contributed by atoms with Crippen LogP contribution in [0.5, 0.6) is 5.75 Å². The number of anilines is 1. The summed E-state index contributed by atoms with van der Waals surface area (Å²) in [5.41, 5.74) is 6.87. The molecule has 2 amide bonds. The van der Waals surface area contributed by atoms with Gasteiger partial charge >= 0.3 is 0 Å². The molecular weight excluding hydrogens is 294 g/mol. The average Bonchev–Trinajstić information content (AvgIpc) is 3.35. The number of carbonyl (C=O) groups excluding carboxylic acids is 2. The maximum absolute atomic E-state index is 12.7. The summed E-state index contributed by atoms with van der Waals surface area (Å²) in [5, 5.41) is 2.56. The summed E-state index contributed by atoms with van der Waals surface area (Å²) < 4.78 is 5.82. The van der Waals surface area contributed by atoms with E-state index >= 15 is 0 Å². The lowest BCUT2D eigenvalue weighted by Gasteiger charge is -2.38. The lowest BCUT2D eigenvalue weighted by Crippen LogP contribution is -2.54. The van der Waals surface area contributed by atoms with Crippen molar-refractivity contribution in [3.63, 3.8) is 0 Å². The summed E-state index contributed by atoms with van der Waals surface area (Å²) in [6, 6.07) is 5.64. The molecule has 1 aliphatic heterocycles. The Morgan fingerprint density at radius 3 is 2.78 bits per heavy atom. The third-order valence-corrected chi connectivity index (χ3v) is 4.49. The molecule has 1 aromatic carbocycles. The van der Waals surface area contributed by atoms with Crippen LogP contribution in [0.3, 0.4) is 0 Å². The predicted molar refractivity (Wildman–Crippen MR) is 87.2 cm³/mol. The number of carbonyl (C=O) groups is 2. The van der Waals surface area contributed by atoms with Crippen molar-refractivity contribution in [1.29, 1.82) is 0 Å². The van der Waals surface area contributed by atoms with E-state index in [2.05, 4.69) is 5.32 Å². The van der Waals surface area contributed by atoms with Crippen molar-refractivity contribution in [2.75, 3.05) is 18.5 Å². The number of ether oxygens (including phenoxy) is 1. The molecule has 1 fully saturated rings. The van der Waals surface area contributed by atoms with Crippen molar-refractivity contribution >= 4 is 17.5 Å². The van der Waals surface area contributed by atoms with Gasteiger partial charge in [-0.3, -0.25) is 14.5 Å². The summed E-state index contributed by atoms with van der Waals surface area (Å²) in [6.07, 6.45) is 2.28. The number of benzene rings is 1. The van der Waals surface area contributed by atoms with Gasteiger partial charge in [-0.2, -0.15) is 0 Å². The van der Waals surface area contributed by atoms with Crippen molar-refractivity contribution in [2.45, 2.75) is 38.3 Å². The smallest absolute Gasteiger partial charge is 0.271 e. The highest BCUT2D eigenvalue weighted by Gasteiger charge is 2.42. The Balaban J connectivity index is 2.00. The van der Waals surface area contributed by atoms with Crippen molar-refractivity contribution in [3.05, 3.63) is 23.8 Å². The van der Waals surface area contributed by atoms with E-state index in [4.69, 9.17) is 10.5 Å². The third-order valence-electron chi connectivity index (χ3n) is 4.49. The van der Waals surface area contributed by atoms with Crippen LogP contribution in [0.4, 0.5) is 5.69 Å². The third kappa shape index (κ3) is 2.91. The molecule has 2 aliphatic rings. The SMILES string of the molecule is CNC(=O)CN1C(=O)C(C)(C)Oc2ccc(C(N)C3CC3)cc21. The Kier molecular flexibility index (Phi) is 3.80. The molecule has 0 aromatic heterocycles. The van der Waals surface area contributed by atoms with Crippen LogP contribution in [-0.4, -0.2) is 31.0 Å². The zero-order valence-corrected chi connectivity index (χ0v) is 13.8. The Morgan fingerprint density at radius 1 is 1.48 bits per heavy atom. The first-order valence-electron chi connectivity index (χ1n) is 7.94. The van der Waals surface area contributed by atoms with Gasteiger partial charge in [0, 0.05) is 13.1 Å².